The van der Waals surface area contributed by atoms with Crippen molar-refractivity contribution in [3.63, 3.8) is 0 Å². The van der Waals surface area contributed by atoms with E-state index >= 15 is 0 Å². The van der Waals surface area contributed by atoms with Gasteiger partial charge in [-0.05, 0) is 43.7 Å². The van der Waals surface area contributed by atoms with Crippen molar-refractivity contribution in [2.24, 2.45) is 5.92 Å². The molecular formula is C16H25N3O2. The highest BCUT2D eigenvalue weighted by Crippen LogP contribution is 2.27. The van der Waals surface area contributed by atoms with Crippen LogP contribution in [0.15, 0.2) is 6.20 Å². The van der Waals surface area contributed by atoms with Crippen molar-refractivity contribution in [2.75, 3.05) is 40.0 Å². The zero-order valence-electron chi connectivity index (χ0n) is 12.8. The lowest BCUT2D eigenvalue weighted by atomic mass is 9.87. The maximum atomic E-state index is 5.44. The summed E-state index contributed by atoms with van der Waals surface area (Å²) in [5.41, 5.74) is 2.60. The van der Waals surface area contributed by atoms with Crippen LogP contribution in [0.1, 0.15) is 35.8 Å². The second-order valence-corrected chi connectivity index (χ2v) is 6.07. The third kappa shape index (κ3) is 3.78. The fraction of sp³-hybridized carbons (Fsp3) is 0.750. The van der Waals surface area contributed by atoms with Crippen LogP contribution in [0.25, 0.3) is 0 Å². The van der Waals surface area contributed by atoms with Gasteiger partial charge in [0.2, 0.25) is 0 Å². The summed E-state index contributed by atoms with van der Waals surface area (Å²) in [6.45, 7) is 4.39. The molecule has 1 fully saturated rings. The molecule has 2 aliphatic rings. The molecule has 1 aromatic heterocycles. The zero-order valence-corrected chi connectivity index (χ0v) is 12.8. The van der Waals surface area contributed by atoms with Gasteiger partial charge >= 0.3 is 0 Å². The van der Waals surface area contributed by atoms with Crippen molar-refractivity contribution in [1.82, 2.24) is 15.3 Å². The third-order valence-electron chi connectivity index (χ3n) is 4.48. The number of ether oxygens (including phenoxy) is 2. The van der Waals surface area contributed by atoms with Crippen LogP contribution in [0.3, 0.4) is 0 Å². The fourth-order valence-corrected chi connectivity index (χ4v) is 3.19. The van der Waals surface area contributed by atoms with Crippen LogP contribution in [-0.4, -0.2) is 50.0 Å². The quantitative estimate of drug-likeness (QED) is 0.801. The van der Waals surface area contributed by atoms with Crippen LogP contribution in [0.5, 0.6) is 0 Å². The molecule has 0 aromatic carbocycles. The van der Waals surface area contributed by atoms with Gasteiger partial charge in [0.15, 0.2) is 0 Å². The highest BCUT2D eigenvalue weighted by Gasteiger charge is 2.24. The molecule has 0 saturated carbocycles. The molecule has 2 atom stereocenters. The van der Waals surface area contributed by atoms with Crippen LogP contribution >= 0.6 is 0 Å². The summed E-state index contributed by atoms with van der Waals surface area (Å²) < 4.78 is 10.5. The maximum Gasteiger partial charge on any atom is 0.134 e. The van der Waals surface area contributed by atoms with Gasteiger partial charge in [-0.3, -0.25) is 0 Å². The Balaban J connectivity index is 1.56. The first-order valence-corrected chi connectivity index (χ1v) is 7.99. The van der Waals surface area contributed by atoms with Crippen LogP contribution in [0, 0.1) is 5.92 Å². The SMILES string of the molecule is COCCNCC1CCc2nc(C3CCOC3)ncc2C1. The Morgan fingerprint density at radius 2 is 2.38 bits per heavy atom. The molecule has 1 saturated heterocycles. The Labute approximate surface area is 126 Å². The van der Waals surface area contributed by atoms with E-state index in [1.807, 2.05) is 0 Å². The molecule has 0 spiro atoms. The minimum atomic E-state index is 0.406. The first-order valence-electron chi connectivity index (χ1n) is 7.99. The van der Waals surface area contributed by atoms with Crippen LogP contribution in [0.2, 0.25) is 0 Å². The standard InChI is InChI=1S/C16H25N3O2/c1-20-7-5-17-9-12-2-3-15-14(8-12)10-18-16(19-15)13-4-6-21-11-13/h10,12-13,17H,2-9,11H2,1H3. The number of nitrogens with zero attached hydrogens (tertiary/aromatic N) is 2. The molecule has 2 unspecified atom stereocenters. The molecule has 2 heterocycles. The lowest BCUT2D eigenvalue weighted by Crippen LogP contribution is -2.30. The first-order chi connectivity index (χ1) is 10.4. The molecule has 1 N–H and O–H groups in total. The highest BCUT2D eigenvalue weighted by molar-refractivity contribution is 5.22. The van der Waals surface area contributed by atoms with E-state index in [-0.39, 0.29) is 0 Å². The summed E-state index contributed by atoms with van der Waals surface area (Å²) in [5, 5.41) is 3.46. The minimum Gasteiger partial charge on any atom is -0.383 e. The molecule has 1 aliphatic heterocycles. The lowest BCUT2D eigenvalue weighted by Gasteiger charge is -2.24. The predicted octanol–water partition coefficient (Wildman–Crippen LogP) is 1.32. The number of hydrogen-bond donors (Lipinski definition) is 1. The Bertz CT molecular complexity index is 461. The largest absolute Gasteiger partial charge is 0.383 e. The smallest absolute Gasteiger partial charge is 0.134 e. The van der Waals surface area contributed by atoms with Gasteiger partial charge in [-0.25, -0.2) is 9.97 Å². The summed E-state index contributed by atoms with van der Waals surface area (Å²) in [5.74, 6) is 2.09. The van der Waals surface area contributed by atoms with Crippen LogP contribution in [-0.2, 0) is 22.3 Å². The number of rotatable bonds is 6. The summed E-state index contributed by atoms with van der Waals surface area (Å²) in [4.78, 5) is 9.39. The topological polar surface area (TPSA) is 56.3 Å². The van der Waals surface area contributed by atoms with Gasteiger partial charge < -0.3 is 14.8 Å². The van der Waals surface area contributed by atoms with Gasteiger partial charge in [-0.1, -0.05) is 0 Å². The summed E-state index contributed by atoms with van der Waals surface area (Å²) in [7, 11) is 1.74. The van der Waals surface area contributed by atoms with Gasteiger partial charge in [0, 0.05) is 38.1 Å². The third-order valence-corrected chi connectivity index (χ3v) is 4.48. The normalized spacial score (nSPS) is 25.0. The van der Waals surface area contributed by atoms with E-state index in [4.69, 9.17) is 14.5 Å². The van der Waals surface area contributed by atoms with E-state index in [2.05, 4.69) is 16.5 Å². The molecule has 0 bridgehead atoms. The predicted molar refractivity (Wildman–Crippen MR) is 80.5 cm³/mol. The average molecular weight is 291 g/mol. The molecule has 21 heavy (non-hydrogen) atoms. The van der Waals surface area contributed by atoms with Crippen LogP contribution < -0.4 is 5.32 Å². The van der Waals surface area contributed by atoms with E-state index in [0.717, 1.165) is 58.0 Å². The number of hydrogen-bond acceptors (Lipinski definition) is 5. The molecule has 1 aliphatic carbocycles. The summed E-state index contributed by atoms with van der Waals surface area (Å²) in [6, 6.07) is 0. The van der Waals surface area contributed by atoms with E-state index in [1.165, 1.54) is 17.7 Å². The molecule has 116 valence electrons. The summed E-state index contributed by atoms with van der Waals surface area (Å²) in [6.07, 6.45) is 6.50. The van der Waals surface area contributed by atoms with Crippen molar-refractivity contribution in [3.05, 3.63) is 23.3 Å². The first kappa shape index (κ1) is 14.9. The maximum absolute atomic E-state index is 5.44. The molecule has 0 radical (unpaired) electrons. The molecule has 0 amide bonds. The zero-order chi connectivity index (χ0) is 14.5. The average Bonchev–Trinajstić information content (AvgIpc) is 3.05. The van der Waals surface area contributed by atoms with E-state index in [1.54, 1.807) is 7.11 Å². The van der Waals surface area contributed by atoms with E-state index in [9.17, 15) is 0 Å². The molecule has 1 aromatic rings. The highest BCUT2D eigenvalue weighted by atomic mass is 16.5. The van der Waals surface area contributed by atoms with Gasteiger partial charge in [-0.2, -0.15) is 0 Å². The van der Waals surface area contributed by atoms with Crippen molar-refractivity contribution >= 4 is 0 Å². The number of aromatic nitrogens is 2. The van der Waals surface area contributed by atoms with Crippen molar-refractivity contribution < 1.29 is 9.47 Å². The van der Waals surface area contributed by atoms with Gasteiger partial charge in [0.25, 0.3) is 0 Å². The fourth-order valence-electron chi connectivity index (χ4n) is 3.19. The molecule has 5 nitrogen and oxygen atoms in total. The van der Waals surface area contributed by atoms with Gasteiger partial charge in [-0.15, -0.1) is 0 Å². The van der Waals surface area contributed by atoms with Crippen molar-refractivity contribution in [2.45, 2.75) is 31.6 Å². The number of fused-ring (bicyclic) bond motifs is 1. The minimum absolute atomic E-state index is 0.406. The number of nitrogens with one attached hydrogen (secondary N) is 1. The molecular weight excluding hydrogens is 266 g/mol. The van der Waals surface area contributed by atoms with E-state index < -0.39 is 0 Å². The van der Waals surface area contributed by atoms with E-state index in [0.29, 0.717) is 11.8 Å². The Hall–Kier alpha value is -1.04. The second-order valence-electron chi connectivity index (χ2n) is 6.07. The molecule has 3 rings (SSSR count). The summed E-state index contributed by atoms with van der Waals surface area (Å²) >= 11 is 0. The van der Waals surface area contributed by atoms with Gasteiger partial charge in [0.1, 0.15) is 5.82 Å². The Morgan fingerprint density at radius 3 is 3.19 bits per heavy atom. The Kier molecular flexibility index (Phi) is 5.17. The molecule has 5 heteroatoms. The monoisotopic (exact) mass is 291 g/mol. The Morgan fingerprint density at radius 1 is 1.43 bits per heavy atom. The van der Waals surface area contributed by atoms with Crippen molar-refractivity contribution in [1.29, 1.82) is 0 Å². The second kappa shape index (κ2) is 7.29. The number of aryl methyl sites for hydroxylation is 1. The number of methoxy groups -OCH3 is 1. The van der Waals surface area contributed by atoms with Crippen molar-refractivity contribution in [3.8, 4) is 0 Å². The van der Waals surface area contributed by atoms with Gasteiger partial charge in [0.05, 0.1) is 13.2 Å². The lowest BCUT2D eigenvalue weighted by molar-refractivity contribution is 0.193. The van der Waals surface area contributed by atoms with Crippen LogP contribution in [0.4, 0.5) is 0 Å².